The Morgan fingerprint density at radius 1 is 0.941 bits per heavy atom. The summed E-state index contributed by atoms with van der Waals surface area (Å²) in [7, 11) is 0. The Morgan fingerprint density at radius 2 is 1.62 bits per heavy atom. The van der Waals surface area contributed by atoms with Gasteiger partial charge in [-0.2, -0.15) is 0 Å². The molecule has 0 bridgehead atoms. The molecule has 8 heteroatoms. The van der Waals surface area contributed by atoms with Gasteiger partial charge in [0.05, 0.1) is 0 Å². The molecular weight excluding hydrogens is 440 g/mol. The van der Waals surface area contributed by atoms with E-state index in [1.54, 1.807) is 17.9 Å². The van der Waals surface area contributed by atoms with Crippen LogP contribution in [-0.4, -0.2) is 47.8 Å². The third-order valence-corrected chi connectivity index (χ3v) is 6.86. The zero-order valence-electron chi connectivity index (χ0n) is 19.2. The van der Waals surface area contributed by atoms with Crippen molar-refractivity contribution < 1.29 is 23.2 Å². The Bertz CT molecular complexity index is 1070. The van der Waals surface area contributed by atoms with E-state index < -0.39 is 23.6 Å². The second-order valence-corrected chi connectivity index (χ2v) is 9.09. The molecule has 180 valence electrons. The maximum Gasteiger partial charge on any atom is 0.254 e. The molecule has 0 radical (unpaired) electrons. The summed E-state index contributed by atoms with van der Waals surface area (Å²) in [6, 6.07) is 9.06. The topological polar surface area (TPSA) is 78.5 Å². The first kappa shape index (κ1) is 23.9. The molecule has 2 aromatic carbocycles. The van der Waals surface area contributed by atoms with E-state index in [1.165, 1.54) is 36.4 Å². The van der Waals surface area contributed by atoms with Crippen LogP contribution in [-0.2, 0) is 4.79 Å². The Hall–Kier alpha value is -3.29. The maximum absolute atomic E-state index is 13.7. The highest BCUT2D eigenvalue weighted by Crippen LogP contribution is 2.40. The van der Waals surface area contributed by atoms with Gasteiger partial charge in [0.2, 0.25) is 5.91 Å². The third-order valence-electron chi connectivity index (χ3n) is 6.86. The number of nitrogens with one attached hydrogen (secondary N) is 2. The standard InChI is InChI=1S/C26H29F2N3O3/c1-16-6-7-19(14-21(16)28)24(32)29-12-13-30-25(33)23-15-18-4-2-3-5-22(18)31(23)26(34)17-8-10-20(27)11-9-17/h6-11,14,18,22-23H,2-5,12-13,15H2,1H3,(H,29,32)(H,30,33)/t18-,22-,23-/m0/s1. The molecule has 2 fully saturated rings. The van der Waals surface area contributed by atoms with Crippen molar-refractivity contribution in [1.29, 1.82) is 0 Å². The molecule has 34 heavy (non-hydrogen) atoms. The number of aryl methyl sites for hydroxylation is 1. The number of carbonyl (C=O) groups is 3. The van der Waals surface area contributed by atoms with E-state index in [2.05, 4.69) is 10.6 Å². The fourth-order valence-electron chi connectivity index (χ4n) is 5.04. The highest BCUT2D eigenvalue weighted by molar-refractivity contribution is 5.98. The Morgan fingerprint density at radius 3 is 2.35 bits per heavy atom. The van der Waals surface area contributed by atoms with Crippen LogP contribution in [0.2, 0.25) is 0 Å². The van der Waals surface area contributed by atoms with E-state index in [-0.39, 0.29) is 42.4 Å². The van der Waals surface area contributed by atoms with E-state index in [9.17, 15) is 23.2 Å². The van der Waals surface area contributed by atoms with Crippen LogP contribution in [0.15, 0.2) is 42.5 Å². The van der Waals surface area contributed by atoms with E-state index in [0.717, 1.165) is 25.7 Å². The lowest BCUT2D eigenvalue weighted by Gasteiger charge is -2.33. The first-order valence-corrected chi connectivity index (χ1v) is 11.8. The second kappa shape index (κ2) is 10.3. The molecule has 6 nitrogen and oxygen atoms in total. The number of rotatable bonds is 6. The number of halogens is 2. The fraction of sp³-hybridized carbons (Fsp3) is 0.423. The highest BCUT2D eigenvalue weighted by atomic mass is 19.1. The van der Waals surface area contributed by atoms with Crippen LogP contribution in [0.3, 0.4) is 0 Å². The van der Waals surface area contributed by atoms with E-state index >= 15 is 0 Å². The Balaban J connectivity index is 1.37. The minimum Gasteiger partial charge on any atom is -0.353 e. The molecule has 3 atom stereocenters. The van der Waals surface area contributed by atoms with Crippen molar-refractivity contribution in [1.82, 2.24) is 15.5 Å². The summed E-state index contributed by atoms with van der Waals surface area (Å²) in [6.45, 7) is 1.98. The minimum atomic E-state index is -0.604. The molecule has 2 aliphatic rings. The van der Waals surface area contributed by atoms with Crippen LogP contribution in [0.5, 0.6) is 0 Å². The largest absolute Gasteiger partial charge is 0.353 e. The van der Waals surface area contributed by atoms with Crippen molar-refractivity contribution in [2.75, 3.05) is 13.1 Å². The SMILES string of the molecule is Cc1ccc(C(=O)NCCNC(=O)[C@@H]2C[C@@H]3CCCC[C@@H]3N2C(=O)c2ccc(F)cc2)cc1F. The zero-order valence-corrected chi connectivity index (χ0v) is 19.2. The zero-order chi connectivity index (χ0) is 24.2. The van der Waals surface area contributed by atoms with Crippen molar-refractivity contribution >= 4 is 17.7 Å². The molecular formula is C26H29F2N3O3. The van der Waals surface area contributed by atoms with Gasteiger partial charge < -0.3 is 15.5 Å². The van der Waals surface area contributed by atoms with Gasteiger partial charge in [-0.05, 0) is 74.1 Å². The van der Waals surface area contributed by atoms with Gasteiger partial charge in [0.15, 0.2) is 0 Å². The summed E-state index contributed by atoms with van der Waals surface area (Å²) in [6.07, 6.45) is 4.52. The number of likely N-dealkylation sites (tertiary alicyclic amines) is 1. The normalized spacial score (nSPS) is 21.6. The molecule has 1 saturated carbocycles. The molecule has 1 saturated heterocycles. The summed E-state index contributed by atoms with van der Waals surface area (Å²) in [5, 5.41) is 5.50. The molecule has 0 aromatic heterocycles. The van der Waals surface area contributed by atoms with Crippen molar-refractivity contribution in [3.63, 3.8) is 0 Å². The highest BCUT2D eigenvalue weighted by Gasteiger charge is 2.47. The quantitative estimate of drug-likeness (QED) is 0.635. The van der Waals surface area contributed by atoms with E-state index in [0.29, 0.717) is 17.5 Å². The monoisotopic (exact) mass is 469 g/mol. The van der Waals surface area contributed by atoms with Gasteiger partial charge in [0, 0.05) is 30.3 Å². The van der Waals surface area contributed by atoms with Crippen molar-refractivity contribution in [2.24, 2.45) is 5.92 Å². The smallest absolute Gasteiger partial charge is 0.254 e. The lowest BCUT2D eigenvalue weighted by Crippen LogP contribution is -2.50. The predicted molar refractivity (Wildman–Crippen MR) is 123 cm³/mol. The van der Waals surface area contributed by atoms with Crippen LogP contribution < -0.4 is 10.6 Å². The molecule has 3 amide bonds. The van der Waals surface area contributed by atoms with Gasteiger partial charge in [0.25, 0.3) is 11.8 Å². The number of amides is 3. The summed E-state index contributed by atoms with van der Waals surface area (Å²) in [5.74, 6) is -1.55. The van der Waals surface area contributed by atoms with Gasteiger partial charge in [-0.15, -0.1) is 0 Å². The molecule has 0 unspecified atom stereocenters. The number of benzene rings is 2. The minimum absolute atomic E-state index is 0.00168. The molecule has 2 aromatic rings. The third kappa shape index (κ3) is 5.11. The molecule has 1 aliphatic carbocycles. The predicted octanol–water partition coefficient (Wildman–Crippen LogP) is 3.59. The Labute approximate surface area is 197 Å². The Kier molecular flexibility index (Phi) is 7.24. The summed E-state index contributed by atoms with van der Waals surface area (Å²) in [5.41, 5.74) is 1.04. The fourth-order valence-corrected chi connectivity index (χ4v) is 5.04. The summed E-state index contributed by atoms with van der Waals surface area (Å²) < 4.78 is 27.0. The number of fused-ring (bicyclic) bond motifs is 1. The van der Waals surface area contributed by atoms with Crippen LogP contribution in [0, 0.1) is 24.5 Å². The van der Waals surface area contributed by atoms with Gasteiger partial charge in [-0.25, -0.2) is 8.78 Å². The summed E-state index contributed by atoms with van der Waals surface area (Å²) in [4.78, 5) is 40.3. The number of hydrogen-bond donors (Lipinski definition) is 2. The number of hydrogen-bond acceptors (Lipinski definition) is 3. The first-order valence-electron chi connectivity index (χ1n) is 11.8. The van der Waals surface area contributed by atoms with Gasteiger partial charge in [-0.3, -0.25) is 14.4 Å². The second-order valence-electron chi connectivity index (χ2n) is 9.09. The maximum atomic E-state index is 13.7. The van der Waals surface area contributed by atoms with Crippen molar-refractivity contribution in [3.8, 4) is 0 Å². The summed E-state index contributed by atoms with van der Waals surface area (Å²) >= 11 is 0. The lowest BCUT2D eigenvalue weighted by atomic mass is 9.84. The van der Waals surface area contributed by atoms with E-state index in [4.69, 9.17) is 0 Å². The van der Waals surface area contributed by atoms with Crippen molar-refractivity contribution in [3.05, 3.63) is 70.8 Å². The van der Waals surface area contributed by atoms with Crippen molar-refractivity contribution in [2.45, 2.75) is 51.1 Å². The van der Waals surface area contributed by atoms with Crippen LogP contribution in [0.1, 0.15) is 58.4 Å². The lowest BCUT2D eigenvalue weighted by molar-refractivity contribution is -0.125. The average Bonchev–Trinajstić information content (AvgIpc) is 3.23. The van der Waals surface area contributed by atoms with Gasteiger partial charge in [0.1, 0.15) is 17.7 Å². The van der Waals surface area contributed by atoms with Crippen LogP contribution >= 0.6 is 0 Å². The average molecular weight is 470 g/mol. The molecule has 4 rings (SSSR count). The van der Waals surface area contributed by atoms with Crippen LogP contribution in [0.4, 0.5) is 8.78 Å². The number of nitrogens with zero attached hydrogens (tertiary/aromatic N) is 1. The number of carbonyl (C=O) groups excluding carboxylic acids is 3. The van der Waals surface area contributed by atoms with Gasteiger partial charge in [-0.1, -0.05) is 18.9 Å². The van der Waals surface area contributed by atoms with E-state index in [1.807, 2.05) is 0 Å². The first-order chi connectivity index (χ1) is 16.3. The molecule has 1 heterocycles. The van der Waals surface area contributed by atoms with Gasteiger partial charge >= 0.3 is 0 Å². The molecule has 1 aliphatic heterocycles. The molecule has 2 N–H and O–H groups in total. The van der Waals surface area contributed by atoms with Crippen LogP contribution in [0.25, 0.3) is 0 Å². The molecule has 0 spiro atoms.